The van der Waals surface area contributed by atoms with Gasteiger partial charge in [0.05, 0.1) is 18.8 Å². The third kappa shape index (κ3) is 6.84. The number of amides is 3. The standard InChI is InChI=1S/C21H30ClN3O5/c22-15-2-1-3-16(12-15)24-21(28)25-18-5-4-17(30-19(18)13-26)6-9-23-20(27)14-7-10-29-11-8-14/h1-3,12,14,17-19,26H,4-11,13H2,(H,23,27)(H2,24,25,28)/t17-,18-,19+/m0/s1. The summed E-state index contributed by atoms with van der Waals surface area (Å²) < 4.78 is 11.2. The van der Waals surface area contributed by atoms with Crippen LogP contribution in [0.15, 0.2) is 24.3 Å². The van der Waals surface area contributed by atoms with E-state index < -0.39 is 6.10 Å². The number of benzene rings is 1. The summed E-state index contributed by atoms with van der Waals surface area (Å²) in [6, 6.07) is 6.23. The van der Waals surface area contributed by atoms with Gasteiger partial charge in [0.2, 0.25) is 5.91 Å². The van der Waals surface area contributed by atoms with Crippen molar-refractivity contribution in [3.05, 3.63) is 29.3 Å². The summed E-state index contributed by atoms with van der Waals surface area (Å²) in [4.78, 5) is 24.5. The molecule has 2 saturated heterocycles. The van der Waals surface area contributed by atoms with Crippen LogP contribution in [0.3, 0.4) is 0 Å². The Kier molecular flexibility index (Phi) is 8.74. The van der Waals surface area contributed by atoms with E-state index in [1.54, 1.807) is 24.3 Å². The van der Waals surface area contributed by atoms with Crippen LogP contribution in [0.2, 0.25) is 5.02 Å². The smallest absolute Gasteiger partial charge is 0.319 e. The zero-order valence-electron chi connectivity index (χ0n) is 16.9. The Morgan fingerprint density at radius 3 is 2.70 bits per heavy atom. The quantitative estimate of drug-likeness (QED) is 0.521. The molecule has 9 heteroatoms. The molecule has 2 fully saturated rings. The lowest BCUT2D eigenvalue weighted by Crippen LogP contribution is -2.52. The lowest BCUT2D eigenvalue weighted by molar-refractivity contribution is -0.128. The molecule has 3 rings (SSSR count). The number of hydrogen-bond acceptors (Lipinski definition) is 5. The summed E-state index contributed by atoms with van der Waals surface area (Å²) in [5, 5.41) is 18.8. The third-order valence-electron chi connectivity index (χ3n) is 5.55. The largest absolute Gasteiger partial charge is 0.394 e. The minimum Gasteiger partial charge on any atom is -0.394 e. The van der Waals surface area contributed by atoms with Gasteiger partial charge in [-0.05, 0) is 50.3 Å². The van der Waals surface area contributed by atoms with Crippen molar-refractivity contribution in [2.45, 2.75) is 50.4 Å². The minimum absolute atomic E-state index is 0.0304. The van der Waals surface area contributed by atoms with Crippen LogP contribution >= 0.6 is 11.6 Å². The number of urea groups is 1. The molecule has 2 heterocycles. The molecule has 0 unspecified atom stereocenters. The molecule has 0 aliphatic carbocycles. The van der Waals surface area contributed by atoms with Crippen LogP contribution in [-0.2, 0) is 14.3 Å². The molecule has 0 saturated carbocycles. The van der Waals surface area contributed by atoms with Crippen LogP contribution in [0.25, 0.3) is 0 Å². The Morgan fingerprint density at radius 2 is 1.97 bits per heavy atom. The van der Waals surface area contributed by atoms with Gasteiger partial charge < -0.3 is 30.5 Å². The SMILES string of the molecule is O=C(Nc1cccc(Cl)c1)N[C@H]1CC[C@@H](CCNC(=O)C2CCOCC2)O[C@@H]1CO. The number of ether oxygens (including phenoxy) is 2. The van der Waals surface area contributed by atoms with E-state index >= 15 is 0 Å². The summed E-state index contributed by atoms with van der Waals surface area (Å²) >= 11 is 5.93. The van der Waals surface area contributed by atoms with E-state index in [1.807, 2.05) is 0 Å². The minimum atomic E-state index is -0.486. The Labute approximate surface area is 181 Å². The van der Waals surface area contributed by atoms with Crippen molar-refractivity contribution in [1.29, 1.82) is 0 Å². The summed E-state index contributed by atoms with van der Waals surface area (Å²) in [7, 11) is 0. The molecule has 0 spiro atoms. The van der Waals surface area contributed by atoms with E-state index in [1.165, 1.54) is 0 Å². The Morgan fingerprint density at radius 1 is 1.17 bits per heavy atom. The van der Waals surface area contributed by atoms with Crippen molar-refractivity contribution in [2.75, 3.05) is 31.7 Å². The predicted octanol–water partition coefficient (Wildman–Crippen LogP) is 2.30. The molecule has 0 bridgehead atoms. The van der Waals surface area contributed by atoms with E-state index in [2.05, 4.69) is 16.0 Å². The van der Waals surface area contributed by atoms with Gasteiger partial charge in [0, 0.05) is 36.4 Å². The van der Waals surface area contributed by atoms with Crippen LogP contribution in [0.5, 0.6) is 0 Å². The summed E-state index contributed by atoms with van der Waals surface area (Å²) in [5.74, 6) is 0.104. The van der Waals surface area contributed by atoms with Crippen LogP contribution in [0, 0.1) is 5.92 Å². The lowest BCUT2D eigenvalue weighted by atomic mass is 9.96. The summed E-state index contributed by atoms with van der Waals surface area (Å²) in [6.45, 7) is 1.63. The number of hydrogen-bond donors (Lipinski definition) is 4. The van der Waals surface area contributed by atoms with E-state index in [0.717, 1.165) is 19.3 Å². The molecule has 3 atom stereocenters. The second-order valence-electron chi connectivity index (χ2n) is 7.74. The predicted molar refractivity (Wildman–Crippen MR) is 114 cm³/mol. The molecule has 2 aliphatic heterocycles. The first kappa shape index (κ1) is 22.8. The molecule has 4 N–H and O–H groups in total. The molecule has 2 aliphatic rings. The fraction of sp³-hybridized carbons (Fsp3) is 0.619. The second kappa shape index (κ2) is 11.5. The molecule has 1 aromatic rings. The van der Waals surface area contributed by atoms with Gasteiger partial charge in [0.1, 0.15) is 6.10 Å². The first-order valence-corrected chi connectivity index (χ1v) is 10.9. The van der Waals surface area contributed by atoms with Gasteiger partial charge in [-0.15, -0.1) is 0 Å². The highest BCUT2D eigenvalue weighted by Crippen LogP contribution is 2.22. The number of carbonyl (C=O) groups is 2. The molecule has 30 heavy (non-hydrogen) atoms. The average molecular weight is 440 g/mol. The molecular formula is C21H30ClN3O5. The van der Waals surface area contributed by atoms with Crippen molar-refractivity contribution < 1.29 is 24.2 Å². The number of rotatable bonds is 7. The third-order valence-corrected chi connectivity index (χ3v) is 5.79. The highest BCUT2D eigenvalue weighted by Gasteiger charge is 2.32. The van der Waals surface area contributed by atoms with Gasteiger partial charge in [0.15, 0.2) is 0 Å². The zero-order chi connectivity index (χ0) is 21.3. The van der Waals surface area contributed by atoms with E-state index in [4.69, 9.17) is 21.1 Å². The molecule has 8 nitrogen and oxygen atoms in total. The molecule has 166 valence electrons. The highest BCUT2D eigenvalue weighted by molar-refractivity contribution is 6.30. The van der Waals surface area contributed by atoms with Crippen molar-refractivity contribution >= 4 is 29.2 Å². The maximum absolute atomic E-state index is 12.3. The van der Waals surface area contributed by atoms with Crippen LogP contribution in [-0.4, -0.2) is 61.7 Å². The Bertz CT molecular complexity index is 714. The normalized spacial score (nSPS) is 24.8. The van der Waals surface area contributed by atoms with Gasteiger partial charge in [-0.3, -0.25) is 4.79 Å². The number of halogens is 1. The Balaban J connectivity index is 1.39. The number of aliphatic hydroxyl groups is 1. The van der Waals surface area contributed by atoms with Crippen LogP contribution < -0.4 is 16.0 Å². The van der Waals surface area contributed by atoms with Gasteiger partial charge in [-0.2, -0.15) is 0 Å². The van der Waals surface area contributed by atoms with Crippen molar-refractivity contribution in [3.8, 4) is 0 Å². The van der Waals surface area contributed by atoms with Crippen molar-refractivity contribution in [2.24, 2.45) is 5.92 Å². The van der Waals surface area contributed by atoms with Crippen molar-refractivity contribution in [3.63, 3.8) is 0 Å². The number of carbonyl (C=O) groups excluding carboxylic acids is 2. The van der Waals surface area contributed by atoms with Crippen LogP contribution in [0.1, 0.15) is 32.1 Å². The maximum Gasteiger partial charge on any atom is 0.319 e. The van der Waals surface area contributed by atoms with Gasteiger partial charge in [-0.1, -0.05) is 17.7 Å². The topological polar surface area (TPSA) is 109 Å². The molecular weight excluding hydrogens is 410 g/mol. The fourth-order valence-electron chi connectivity index (χ4n) is 3.87. The number of aliphatic hydroxyl groups excluding tert-OH is 1. The summed E-state index contributed by atoms with van der Waals surface area (Å²) in [5.41, 5.74) is 0.593. The highest BCUT2D eigenvalue weighted by atomic mass is 35.5. The first-order chi connectivity index (χ1) is 14.5. The van der Waals surface area contributed by atoms with Gasteiger partial charge in [-0.25, -0.2) is 4.79 Å². The average Bonchev–Trinajstić information content (AvgIpc) is 2.75. The summed E-state index contributed by atoms with van der Waals surface area (Å²) in [6.07, 6.45) is 3.09. The van der Waals surface area contributed by atoms with Gasteiger partial charge >= 0.3 is 6.03 Å². The Hall–Kier alpha value is -1.87. The van der Waals surface area contributed by atoms with Crippen LogP contribution in [0.4, 0.5) is 10.5 Å². The lowest BCUT2D eigenvalue weighted by Gasteiger charge is -2.36. The molecule has 0 aromatic heterocycles. The van der Waals surface area contributed by atoms with Crippen molar-refractivity contribution in [1.82, 2.24) is 10.6 Å². The molecule has 3 amide bonds. The van der Waals surface area contributed by atoms with E-state index in [9.17, 15) is 14.7 Å². The first-order valence-electron chi connectivity index (χ1n) is 10.5. The van der Waals surface area contributed by atoms with E-state index in [-0.39, 0.29) is 36.6 Å². The second-order valence-corrected chi connectivity index (χ2v) is 8.17. The molecule has 1 aromatic carbocycles. The number of anilines is 1. The number of nitrogens with one attached hydrogen (secondary N) is 3. The fourth-order valence-corrected chi connectivity index (χ4v) is 4.06. The molecule has 0 radical (unpaired) electrons. The van der Waals surface area contributed by atoms with E-state index in [0.29, 0.717) is 43.3 Å². The monoisotopic (exact) mass is 439 g/mol. The van der Waals surface area contributed by atoms with Gasteiger partial charge in [0.25, 0.3) is 0 Å². The zero-order valence-corrected chi connectivity index (χ0v) is 17.7. The maximum atomic E-state index is 12.3.